The maximum atomic E-state index is 12.8. The summed E-state index contributed by atoms with van der Waals surface area (Å²) < 4.78 is 0. The van der Waals surface area contributed by atoms with Crippen molar-refractivity contribution in [2.45, 2.75) is 51.0 Å². The van der Waals surface area contributed by atoms with E-state index in [1.165, 1.54) is 32.1 Å². The van der Waals surface area contributed by atoms with Gasteiger partial charge in [-0.3, -0.25) is 0 Å². The zero-order valence-corrected chi connectivity index (χ0v) is 14.4. The van der Waals surface area contributed by atoms with Crippen LogP contribution in [0.2, 0.25) is 0 Å². The van der Waals surface area contributed by atoms with Crippen LogP contribution in [0.1, 0.15) is 44.9 Å². The standard InChI is InChI=1S/C18H30N4O2/c19-17(23)20-9-11-2-1-3-22(10-11)18(24)21-16-8-13-4-12-5-14(6-13)15(16)7-12/h11-16H,1-10H2,(H,21,24)(H3,19,20,23). The Morgan fingerprint density at radius 1 is 1.08 bits per heavy atom. The molecule has 0 aromatic rings. The first-order valence-corrected chi connectivity index (χ1v) is 9.67. The Morgan fingerprint density at radius 2 is 1.88 bits per heavy atom. The number of primary amides is 1. The molecular weight excluding hydrogens is 304 g/mol. The fourth-order valence-electron chi connectivity index (χ4n) is 6.03. The molecular formula is C18H30N4O2. The Hall–Kier alpha value is -1.46. The molecule has 24 heavy (non-hydrogen) atoms. The summed E-state index contributed by atoms with van der Waals surface area (Å²) in [6, 6.07) is 0.0106. The predicted molar refractivity (Wildman–Crippen MR) is 91.2 cm³/mol. The van der Waals surface area contributed by atoms with Gasteiger partial charge in [-0.05, 0) is 74.5 Å². The minimum atomic E-state index is -0.481. The molecule has 1 heterocycles. The third-order valence-corrected chi connectivity index (χ3v) is 6.93. The summed E-state index contributed by atoms with van der Waals surface area (Å²) in [5, 5.41) is 6.06. The summed E-state index contributed by atoms with van der Waals surface area (Å²) in [5.41, 5.74) is 5.15. The molecule has 3 aliphatic carbocycles. The molecule has 6 heteroatoms. The predicted octanol–water partition coefficient (Wildman–Crippen LogP) is 1.90. The molecule has 6 atom stereocenters. The van der Waals surface area contributed by atoms with Crippen LogP contribution in [0.5, 0.6) is 0 Å². The third-order valence-electron chi connectivity index (χ3n) is 6.93. The third kappa shape index (κ3) is 3.20. The highest BCUT2D eigenvalue weighted by molar-refractivity contribution is 5.75. The lowest BCUT2D eigenvalue weighted by Gasteiger charge is -2.41. The van der Waals surface area contributed by atoms with E-state index in [-0.39, 0.29) is 6.03 Å². The fourth-order valence-corrected chi connectivity index (χ4v) is 6.03. The number of piperidine rings is 1. The van der Waals surface area contributed by atoms with Crippen LogP contribution in [-0.2, 0) is 0 Å². The molecule has 4 fully saturated rings. The summed E-state index contributed by atoms with van der Waals surface area (Å²) in [6.45, 7) is 2.11. The first-order chi connectivity index (χ1) is 11.6. The summed E-state index contributed by atoms with van der Waals surface area (Å²) >= 11 is 0. The van der Waals surface area contributed by atoms with Gasteiger partial charge in [0.25, 0.3) is 0 Å². The minimum Gasteiger partial charge on any atom is -0.352 e. The molecule has 0 radical (unpaired) electrons. The van der Waals surface area contributed by atoms with E-state index in [9.17, 15) is 9.59 Å². The topological polar surface area (TPSA) is 87.5 Å². The summed E-state index contributed by atoms with van der Waals surface area (Å²) in [7, 11) is 0. The molecule has 4 aliphatic rings. The highest BCUT2D eigenvalue weighted by Gasteiger charge is 2.49. The summed E-state index contributed by atoms with van der Waals surface area (Å²) in [4.78, 5) is 25.6. The molecule has 3 saturated carbocycles. The van der Waals surface area contributed by atoms with Gasteiger partial charge in [0.1, 0.15) is 0 Å². The van der Waals surface area contributed by atoms with Gasteiger partial charge in [-0.1, -0.05) is 0 Å². The SMILES string of the molecule is NC(=O)NCC1CCCN(C(=O)NC2CC3CC4CC(C3)C2C4)C1. The van der Waals surface area contributed by atoms with Crippen molar-refractivity contribution in [2.75, 3.05) is 19.6 Å². The van der Waals surface area contributed by atoms with Crippen LogP contribution in [0.15, 0.2) is 0 Å². The number of rotatable bonds is 3. The van der Waals surface area contributed by atoms with Crippen LogP contribution in [-0.4, -0.2) is 42.6 Å². The van der Waals surface area contributed by atoms with E-state index in [1.807, 2.05) is 4.90 Å². The normalized spacial score (nSPS) is 40.4. The van der Waals surface area contributed by atoms with Crippen LogP contribution >= 0.6 is 0 Å². The first-order valence-electron chi connectivity index (χ1n) is 9.67. The molecule has 3 bridgehead atoms. The van der Waals surface area contributed by atoms with Gasteiger partial charge < -0.3 is 21.3 Å². The Labute approximate surface area is 143 Å². The van der Waals surface area contributed by atoms with Crippen LogP contribution < -0.4 is 16.4 Å². The van der Waals surface area contributed by atoms with Crippen molar-refractivity contribution < 1.29 is 9.59 Å². The van der Waals surface area contributed by atoms with Crippen LogP contribution in [0.3, 0.4) is 0 Å². The maximum absolute atomic E-state index is 12.8. The van der Waals surface area contributed by atoms with E-state index in [0.717, 1.165) is 49.6 Å². The number of fused-ring (bicyclic) bond motifs is 2. The van der Waals surface area contributed by atoms with E-state index in [4.69, 9.17) is 5.73 Å². The summed E-state index contributed by atoms with van der Waals surface area (Å²) in [6.07, 6.45) is 8.75. The van der Waals surface area contributed by atoms with Gasteiger partial charge in [-0.25, -0.2) is 9.59 Å². The Kier molecular flexibility index (Phi) is 4.31. The number of hydrogen-bond donors (Lipinski definition) is 3. The summed E-state index contributed by atoms with van der Waals surface area (Å²) in [5.74, 6) is 3.67. The molecule has 1 aliphatic heterocycles. The van der Waals surface area contributed by atoms with Gasteiger partial charge >= 0.3 is 12.1 Å². The Morgan fingerprint density at radius 3 is 2.67 bits per heavy atom. The number of nitrogens with zero attached hydrogens (tertiary/aromatic N) is 1. The van der Waals surface area contributed by atoms with Gasteiger partial charge in [0, 0.05) is 25.7 Å². The second-order valence-corrected chi connectivity index (χ2v) is 8.59. The lowest BCUT2D eigenvalue weighted by molar-refractivity contribution is 0.122. The first kappa shape index (κ1) is 16.0. The zero-order chi connectivity index (χ0) is 16.7. The van der Waals surface area contributed by atoms with Gasteiger partial charge in [0.05, 0.1) is 0 Å². The van der Waals surface area contributed by atoms with E-state index in [2.05, 4.69) is 10.6 Å². The largest absolute Gasteiger partial charge is 0.352 e. The van der Waals surface area contributed by atoms with Gasteiger partial charge in [-0.15, -0.1) is 0 Å². The van der Waals surface area contributed by atoms with E-state index in [1.54, 1.807) is 0 Å². The molecule has 6 nitrogen and oxygen atoms in total. The molecule has 4 amide bonds. The van der Waals surface area contributed by atoms with E-state index in [0.29, 0.717) is 18.5 Å². The number of carbonyl (C=O) groups is 2. The second kappa shape index (κ2) is 6.45. The number of carbonyl (C=O) groups excluding carboxylic acids is 2. The smallest absolute Gasteiger partial charge is 0.317 e. The molecule has 0 aromatic carbocycles. The van der Waals surface area contributed by atoms with Crippen molar-refractivity contribution in [3.05, 3.63) is 0 Å². The maximum Gasteiger partial charge on any atom is 0.317 e. The van der Waals surface area contributed by atoms with E-state index >= 15 is 0 Å². The van der Waals surface area contributed by atoms with Crippen LogP contribution in [0, 0.1) is 29.6 Å². The highest BCUT2D eigenvalue weighted by Crippen LogP contribution is 2.55. The molecule has 4 N–H and O–H groups in total. The monoisotopic (exact) mass is 334 g/mol. The van der Waals surface area contributed by atoms with Crippen molar-refractivity contribution in [1.29, 1.82) is 0 Å². The van der Waals surface area contributed by atoms with Crippen molar-refractivity contribution in [3.8, 4) is 0 Å². The van der Waals surface area contributed by atoms with Crippen molar-refractivity contribution >= 4 is 12.1 Å². The van der Waals surface area contributed by atoms with Gasteiger partial charge in [0.2, 0.25) is 0 Å². The minimum absolute atomic E-state index is 0.105. The second-order valence-electron chi connectivity index (χ2n) is 8.59. The number of nitrogens with one attached hydrogen (secondary N) is 2. The van der Waals surface area contributed by atoms with Crippen molar-refractivity contribution in [2.24, 2.45) is 35.3 Å². The number of amides is 4. The highest BCUT2D eigenvalue weighted by atomic mass is 16.2. The Balaban J connectivity index is 1.32. The molecule has 6 unspecified atom stereocenters. The lowest BCUT2D eigenvalue weighted by Crippen LogP contribution is -2.53. The molecule has 134 valence electrons. The van der Waals surface area contributed by atoms with Crippen LogP contribution in [0.4, 0.5) is 9.59 Å². The molecule has 4 rings (SSSR count). The van der Waals surface area contributed by atoms with E-state index < -0.39 is 6.03 Å². The van der Waals surface area contributed by atoms with Crippen molar-refractivity contribution in [1.82, 2.24) is 15.5 Å². The fraction of sp³-hybridized carbons (Fsp3) is 0.889. The lowest BCUT2D eigenvalue weighted by atomic mass is 9.70. The zero-order valence-electron chi connectivity index (χ0n) is 14.4. The van der Waals surface area contributed by atoms with Crippen molar-refractivity contribution in [3.63, 3.8) is 0 Å². The van der Waals surface area contributed by atoms with Gasteiger partial charge in [0.15, 0.2) is 0 Å². The number of hydrogen-bond acceptors (Lipinski definition) is 2. The van der Waals surface area contributed by atoms with Crippen LogP contribution in [0.25, 0.3) is 0 Å². The molecule has 0 aromatic heterocycles. The molecule has 0 spiro atoms. The number of urea groups is 2. The number of nitrogens with two attached hydrogens (primary N) is 1. The number of likely N-dealkylation sites (tertiary alicyclic amines) is 1. The quantitative estimate of drug-likeness (QED) is 0.736. The Bertz CT molecular complexity index is 509. The van der Waals surface area contributed by atoms with Gasteiger partial charge in [-0.2, -0.15) is 0 Å². The average molecular weight is 334 g/mol. The molecule has 1 saturated heterocycles. The average Bonchev–Trinajstić information content (AvgIpc) is 2.79.